The molecule has 0 radical (unpaired) electrons. The van der Waals surface area contributed by atoms with Gasteiger partial charge in [-0.25, -0.2) is 0 Å². The minimum Gasteiger partial charge on any atom is -0.486 e. The number of nitrogens with zero attached hydrogens (tertiary/aromatic N) is 1. The van der Waals surface area contributed by atoms with Crippen LogP contribution in [-0.4, -0.2) is 18.2 Å². The van der Waals surface area contributed by atoms with Gasteiger partial charge in [0.05, 0.1) is 6.20 Å². The molecule has 1 aliphatic rings. The molecule has 0 unspecified atom stereocenters. The molecular weight excluding hydrogens is 178 g/mol. The van der Waals surface area contributed by atoms with Crippen molar-refractivity contribution >= 4 is 0 Å². The van der Waals surface area contributed by atoms with Gasteiger partial charge in [-0.1, -0.05) is 13.3 Å². The highest BCUT2D eigenvalue weighted by molar-refractivity contribution is 5.39. The lowest BCUT2D eigenvalue weighted by molar-refractivity contribution is 0.170. The smallest absolute Gasteiger partial charge is 0.179 e. The zero-order valence-corrected chi connectivity index (χ0v) is 8.45. The van der Waals surface area contributed by atoms with Gasteiger partial charge in [0.1, 0.15) is 13.2 Å². The van der Waals surface area contributed by atoms with Crippen LogP contribution < -0.4 is 9.47 Å². The van der Waals surface area contributed by atoms with Crippen LogP contribution in [0, 0.1) is 0 Å². The number of aromatic nitrogens is 1. The Kier molecular flexibility index (Phi) is 2.87. The molecule has 1 aliphatic heterocycles. The van der Waals surface area contributed by atoms with E-state index in [0.717, 1.165) is 23.6 Å². The summed E-state index contributed by atoms with van der Waals surface area (Å²) in [6, 6.07) is 1.99. The molecular formula is C11H15NO2. The van der Waals surface area contributed by atoms with Gasteiger partial charge < -0.3 is 9.47 Å². The summed E-state index contributed by atoms with van der Waals surface area (Å²) in [5.41, 5.74) is 1.09. The second-order valence-electron chi connectivity index (χ2n) is 3.42. The van der Waals surface area contributed by atoms with Crippen molar-refractivity contribution in [1.82, 2.24) is 4.98 Å². The topological polar surface area (TPSA) is 31.4 Å². The van der Waals surface area contributed by atoms with Crippen LogP contribution in [0.2, 0.25) is 0 Å². The summed E-state index contributed by atoms with van der Waals surface area (Å²) in [7, 11) is 0. The van der Waals surface area contributed by atoms with E-state index >= 15 is 0 Å². The normalized spacial score (nSPS) is 14.1. The van der Waals surface area contributed by atoms with Crippen molar-refractivity contribution in [1.29, 1.82) is 0 Å². The van der Waals surface area contributed by atoms with Crippen LogP contribution in [0.4, 0.5) is 0 Å². The molecule has 0 bridgehead atoms. The molecule has 3 nitrogen and oxygen atoms in total. The third kappa shape index (κ3) is 1.97. The molecule has 76 valence electrons. The predicted octanol–water partition coefficient (Wildman–Crippen LogP) is 2.20. The van der Waals surface area contributed by atoms with Gasteiger partial charge in [0.25, 0.3) is 0 Å². The first-order valence-electron chi connectivity index (χ1n) is 5.14. The van der Waals surface area contributed by atoms with Crippen molar-refractivity contribution in [3.63, 3.8) is 0 Å². The van der Waals surface area contributed by atoms with Crippen LogP contribution in [-0.2, 0) is 6.42 Å². The predicted molar refractivity (Wildman–Crippen MR) is 53.8 cm³/mol. The first-order valence-corrected chi connectivity index (χ1v) is 5.14. The Morgan fingerprint density at radius 3 is 2.86 bits per heavy atom. The van der Waals surface area contributed by atoms with E-state index in [9.17, 15) is 0 Å². The highest BCUT2D eigenvalue weighted by atomic mass is 16.6. The van der Waals surface area contributed by atoms with Crippen LogP contribution >= 0.6 is 0 Å². The minimum absolute atomic E-state index is 0.628. The quantitative estimate of drug-likeness (QED) is 0.737. The molecule has 0 spiro atoms. The molecule has 0 N–H and O–H groups in total. The van der Waals surface area contributed by atoms with Gasteiger partial charge in [-0.2, -0.15) is 0 Å². The SMILES string of the molecule is CCCCc1cc2c(cn1)OCCO2. The molecule has 2 rings (SSSR count). The molecule has 0 amide bonds. The summed E-state index contributed by atoms with van der Waals surface area (Å²) in [4.78, 5) is 4.32. The monoisotopic (exact) mass is 193 g/mol. The molecule has 0 atom stereocenters. The van der Waals surface area contributed by atoms with Gasteiger partial charge in [-0.05, 0) is 12.8 Å². The summed E-state index contributed by atoms with van der Waals surface area (Å²) in [5, 5.41) is 0. The Morgan fingerprint density at radius 2 is 2.07 bits per heavy atom. The number of hydrogen-bond donors (Lipinski definition) is 0. The molecule has 1 aromatic rings. The fourth-order valence-electron chi connectivity index (χ4n) is 1.48. The third-order valence-electron chi connectivity index (χ3n) is 2.27. The average molecular weight is 193 g/mol. The summed E-state index contributed by atoms with van der Waals surface area (Å²) in [6.45, 7) is 3.45. The molecule has 3 heteroatoms. The Morgan fingerprint density at radius 1 is 1.29 bits per heavy atom. The average Bonchev–Trinajstić information content (AvgIpc) is 2.26. The van der Waals surface area contributed by atoms with E-state index in [0.29, 0.717) is 13.2 Å². The van der Waals surface area contributed by atoms with Gasteiger partial charge in [0.15, 0.2) is 11.5 Å². The summed E-state index contributed by atoms with van der Waals surface area (Å²) in [6.07, 6.45) is 5.15. The lowest BCUT2D eigenvalue weighted by Crippen LogP contribution is -2.15. The molecule has 0 saturated carbocycles. The number of hydrogen-bond acceptors (Lipinski definition) is 3. The van der Waals surface area contributed by atoms with Crippen LogP contribution in [0.3, 0.4) is 0 Å². The van der Waals surface area contributed by atoms with Crippen LogP contribution in [0.15, 0.2) is 12.3 Å². The standard InChI is InChI=1S/C11H15NO2/c1-2-3-4-9-7-10-11(8-12-9)14-6-5-13-10/h7-8H,2-6H2,1H3. The lowest BCUT2D eigenvalue weighted by atomic mass is 10.2. The van der Waals surface area contributed by atoms with Crippen LogP contribution in [0.25, 0.3) is 0 Å². The van der Waals surface area contributed by atoms with Gasteiger partial charge in [-0.15, -0.1) is 0 Å². The van der Waals surface area contributed by atoms with E-state index < -0.39 is 0 Å². The van der Waals surface area contributed by atoms with Gasteiger partial charge in [-0.3, -0.25) is 4.98 Å². The highest BCUT2D eigenvalue weighted by Crippen LogP contribution is 2.29. The second kappa shape index (κ2) is 4.31. The van der Waals surface area contributed by atoms with E-state index in [1.54, 1.807) is 6.20 Å². The third-order valence-corrected chi connectivity index (χ3v) is 2.27. The number of fused-ring (bicyclic) bond motifs is 1. The summed E-state index contributed by atoms with van der Waals surface area (Å²) in [5.74, 6) is 1.62. The maximum atomic E-state index is 5.48. The van der Waals surface area contributed by atoms with E-state index in [2.05, 4.69) is 11.9 Å². The Balaban J connectivity index is 2.12. The number of pyridine rings is 1. The second-order valence-corrected chi connectivity index (χ2v) is 3.42. The Labute approximate surface area is 84.1 Å². The Hall–Kier alpha value is -1.25. The van der Waals surface area contributed by atoms with E-state index in [4.69, 9.17) is 9.47 Å². The van der Waals surface area contributed by atoms with Crippen LogP contribution in [0.5, 0.6) is 11.5 Å². The molecule has 0 saturated heterocycles. The molecule has 1 aromatic heterocycles. The Bertz CT molecular complexity index is 312. The largest absolute Gasteiger partial charge is 0.486 e. The first-order chi connectivity index (χ1) is 6.90. The maximum absolute atomic E-state index is 5.48. The van der Waals surface area contributed by atoms with Crippen molar-refractivity contribution in [2.75, 3.05) is 13.2 Å². The van der Waals surface area contributed by atoms with E-state index in [1.165, 1.54) is 12.8 Å². The fraction of sp³-hybridized carbons (Fsp3) is 0.545. The zero-order chi connectivity index (χ0) is 9.80. The van der Waals surface area contributed by atoms with Gasteiger partial charge >= 0.3 is 0 Å². The molecule has 14 heavy (non-hydrogen) atoms. The van der Waals surface area contributed by atoms with Crippen molar-refractivity contribution in [2.24, 2.45) is 0 Å². The summed E-state index contributed by atoms with van der Waals surface area (Å²) < 4.78 is 10.9. The molecule has 0 aromatic carbocycles. The molecule has 0 aliphatic carbocycles. The minimum atomic E-state index is 0.628. The number of rotatable bonds is 3. The van der Waals surface area contributed by atoms with Crippen molar-refractivity contribution < 1.29 is 9.47 Å². The number of aryl methyl sites for hydroxylation is 1. The van der Waals surface area contributed by atoms with E-state index in [-0.39, 0.29) is 0 Å². The van der Waals surface area contributed by atoms with Gasteiger partial charge in [0, 0.05) is 11.8 Å². The lowest BCUT2D eigenvalue weighted by Gasteiger charge is -2.18. The highest BCUT2D eigenvalue weighted by Gasteiger charge is 2.12. The maximum Gasteiger partial charge on any atom is 0.179 e. The van der Waals surface area contributed by atoms with E-state index in [1.807, 2.05) is 6.07 Å². The fourth-order valence-corrected chi connectivity index (χ4v) is 1.48. The molecule has 0 fully saturated rings. The zero-order valence-electron chi connectivity index (χ0n) is 8.45. The van der Waals surface area contributed by atoms with Crippen molar-refractivity contribution in [3.05, 3.63) is 18.0 Å². The van der Waals surface area contributed by atoms with Gasteiger partial charge in [0.2, 0.25) is 0 Å². The first kappa shape index (κ1) is 9.31. The molecule has 2 heterocycles. The van der Waals surface area contributed by atoms with Crippen molar-refractivity contribution in [2.45, 2.75) is 26.2 Å². The number of unbranched alkanes of at least 4 members (excludes halogenated alkanes) is 1. The number of ether oxygens (including phenoxy) is 2. The van der Waals surface area contributed by atoms with Crippen LogP contribution in [0.1, 0.15) is 25.5 Å². The summed E-state index contributed by atoms with van der Waals surface area (Å²) >= 11 is 0. The van der Waals surface area contributed by atoms with Crippen molar-refractivity contribution in [3.8, 4) is 11.5 Å².